The smallest absolute Gasteiger partial charge is 0.306 e. The van der Waals surface area contributed by atoms with Crippen molar-refractivity contribution in [2.75, 3.05) is 19.8 Å². The quantitative estimate of drug-likeness (QED) is 0.315. The Hall–Kier alpha value is -2.97. The number of benzene rings is 2. The van der Waals surface area contributed by atoms with E-state index < -0.39 is 24.4 Å². The lowest BCUT2D eigenvalue weighted by Gasteiger charge is -2.10. The number of carbonyl (C=O) groups is 3. The molecule has 0 aliphatic rings. The van der Waals surface area contributed by atoms with E-state index in [-0.39, 0.29) is 13.0 Å². The van der Waals surface area contributed by atoms with E-state index in [2.05, 4.69) is 10.9 Å². The average molecular weight is 469 g/mol. The number of carbonyl (C=O) groups excluding carboxylic acids is 3. The molecule has 0 bridgehead atoms. The molecule has 2 aromatic carbocycles. The van der Waals surface area contributed by atoms with Crippen molar-refractivity contribution in [3.05, 3.63) is 58.1 Å². The number of halogens is 2. The van der Waals surface area contributed by atoms with E-state index in [1.807, 2.05) is 6.92 Å². The number of hydrogen-bond acceptors (Lipinski definition) is 6. The maximum absolute atomic E-state index is 11.7. The number of aryl methyl sites for hydroxylation is 1. The Kier molecular flexibility index (Phi) is 9.93. The van der Waals surface area contributed by atoms with E-state index in [0.717, 1.165) is 5.56 Å². The third-order valence-electron chi connectivity index (χ3n) is 3.81. The Balaban J connectivity index is 1.53. The summed E-state index contributed by atoms with van der Waals surface area (Å²) >= 11 is 11.7. The highest BCUT2D eigenvalue weighted by Gasteiger charge is 2.09. The lowest BCUT2D eigenvalue weighted by molar-refractivity contribution is -0.149. The normalized spacial score (nSPS) is 10.2. The first-order valence-corrected chi connectivity index (χ1v) is 10.1. The molecule has 0 saturated carbocycles. The van der Waals surface area contributed by atoms with Crippen molar-refractivity contribution in [1.29, 1.82) is 0 Å². The summed E-state index contributed by atoms with van der Waals surface area (Å²) < 4.78 is 15.6. The molecule has 0 heterocycles. The molecule has 0 atom stereocenters. The second-order valence-electron chi connectivity index (χ2n) is 6.36. The first kappa shape index (κ1) is 24.3. The van der Waals surface area contributed by atoms with Crippen LogP contribution in [0.1, 0.15) is 18.4 Å². The highest BCUT2D eigenvalue weighted by Crippen LogP contribution is 2.21. The largest absolute Gasteiger partial charge is 0.494 e. The summed E-state index contributed by atoms with van der Waals surface area (Å²) in [5.74, 6) is -0.700. The highest BCUT2D eigenvalue weighted by atomic mass is 35.5. The van der Waals surface area contributed by atoms with Gasteiger partial charge in [-0.15, -0.1) is 0 Å². The number of amides is 2. The summed E-state index contributed by atoms with van der Waals surface area (Å²) in [6.45, 7) is 1.35. The van der Waals surface area contributed by atoms with Crippen LogP contribution in [0.4, 0.5) is 0 Å². The van der Waals surface area contributed by atoms with Gasteiger partial charge in [0.1, 0.15) is 11.5 Å². The number of hydrazine groups is 1. The van der Waals surface area contributed by atoms with Crippen LogP contribution in [0.25, 0.3) is 0 Å². The first-order chi connectivity index (χ1) is 14.8. The van der Waals surface area contributed by atoms with Gasteiger partial charge in [-0.2, -0.15) is 0 Å². The Bertz CT molecular complexity index is 905. The molecule has 166 valence electrons. The molecule has 8 nitrogen and oxygen atoms in total. The molecule has 0 fully saturated rings. The molecule has 10 heteroatoms. The zero-order valence-electron chi connectivity index (χ0n) is 16.8. The number of rotatable bonds is 10. The molecular formula is C21H22Cl2N2O6. The van der Waals surface area contributed by atoms with E-state index in [1.54, 1.807) is 42.5 Å². The summed E-state index contributed by atoms with van der Waals surface area (Å²) in [6, 6.07) is 11.7. The van der Waals surface area contributed by atoms with Crippen LogP contribution in [0, 0.1) is 6.92 Å². The van der Waals surface area contributed by atoms with Crippen molar-refractivity contribution in [1.82, 2.24) is 10.9 Å². The minimum atomic E-state index is -0.680. The lowest BCUT2D eigenvalue weighted by atomic mass is 10.2. The Labute approximate surface area is 189 Å². The molecule has 2 N–H and O–H groups in total. The third-order valence-corrected chi connectivity index (χ3v) is 4.49. The van der Waals surface area contributed by atoms with Crippen molar-refractivity contribution in [2.24, 2.45) is 0 Å². The van der Waals surface area contributed by atoms with Crippen molar-refractivity contribution in [3.63, 3.8) is 0 Å². The summed E-state index contributed by atoms with van der Waals surface area (Å²) in [5, 5.41) is 1.20. The molecule has 0 spiro atoms. The van der Waals surface area contributed by atoms with Crippen LogP contribution < -0.4 is 20.3 Å². The average Bonchev–Trinajstić information content (AvgIpc) is 2.75. The van der Waals surface area contributed by atoms with Gasteiger partial charge in [-0.25, -0.2) is 0 Å². The summed E-state index contributed by atoms with van der Waals surface area (Å²) in [7, 11) is 0. The van der Waals surface area contributed by atoms with Crippen molar-refractivity contribution < 1.29 is 28.6 Å². The molecule has 2 aromatic rings. The number of nitrogens with one attached hydrogen (secondary N) is 2. The molecular weight excluding hydrogens is 447 g/mol. The number of ether oxygens (including phenoxy) is 3. The van der Waals surface area contributed by atoms with Gasteiger partial charge in [-0.3, -0.25) is 25.2 Å². The monoisotopic (exact) mass is 468 g/mol. The van der Waals surface area contributed by atoms with Crippen molar-refractivity contribution >= 4 is 41.0 Å². The second-order valence-corrected chi connectivity index (χ2v) is 7.21. The van der Waals surface area contributed by atoms with Gasteiger partial charge >= 0.3 is 5.97 Å². The molecule has 0 aliphatic carbocycles. The maximum atomic E-state index is 11.7. The SMILES string of the molecule is Cc1cc(OCCCC(=O)OCC(=O)NNC(=O)COc2ccc(Cl)cc2)ccc1Cl. The van der Waals surface area contributed by atoms with Gasteiger partial charge in [0.05, 0.1) is 6.61 Å². The zero-order valence-corrected chi connectivity index (χ0v) is 18.3. The standard InChI is InChI=1S/C21H22Cl2N2O6/c1-14-11-17(8-9-18(14)23)29-10-2-3-21(28)31-13-20(27)25-24-19(26)12-30-16-6-4-15(22)5-7-16/h4-9,11H,2-3,10,12-13H2,1H3,(H,24,26)(H,25,27). The van der Waals surface area contributed by atoms with Gasteiger partial charge in [0, 0.05) is 16.5 Å². The van der Waals surface area contributed by atoms with Crippen LogP contribution in [0.15, 0.2) is 42.5 Å². The summed E-state index contributed by atoms with van der Waals surface area (Å²) in [4.78, 5) is 35.0. The van der Waals surface area contributed by atoms with Crippen LogP contribution in [-0.4, -0.2) is 37.6 Å². The minimum Gasteiger partial charge on any atom is -0.494 e. The van der Waals surface area contributed by atoms with Crippen LogP contribution in [-0.2, 0) is 19.1 Å². The topological polar surface area (TPSA) is 103 Å². The van der Waals surface area contributed by atoms with Crippen LogP contribution in [0.5, 0.6) is 11.5 Å². The Morgan fingerprint density at radius 3 is 2.19 bits per heavy atom. The van der Waals surface area contributed by atoms with Gasteiger partial charge in [-0.1, -0.05) is 23.2 Å². The van der Waals surface area contributed by atoms with Crippen LogP contribution in [0.3, 0.4) is 0 Å². The Morgan fingerprint density at radius 1 is 0.871 bits per heavy atom. The van der Waals surface area contributed by atoms with E-state index in [0.29, 0.717) is 34.6 Å². The predicted molar refractivity (Wildman–Crippen MR) is 115 cm³/mol. The minimum absolute atomic E-state index is 0.0845. The highest BCUT2D eigenvalue weighted by molar-refractivity contribution is 6.31. The fourth-order valence-electron chi connectivity index (χ4n) is 2.22. The van der Waals surface area contributed by atoms with E-state index in [1.165, 1.54) is 0 Å². The van der Waals surface area contributed by atoms with Gasteiger partial charge in [0.2, 0.25) is 0 Å². The summed E-state index contributed by atoms with van der Waals surface area (Å²) in [6.07, 6.45) is 0.502. The first-order valence-electron chi connectivity index (χ1n) is 9.34. The molecule has 0 unspecified atom stereocenters. The third kappa shape index (κ3) is 9.59. The molecule has 0 aliphatic heterocycles. The van der Waals surface area contributed by atoms with Crippen molar-refractivity contribution in [2.45, 2.75) is 19.8 Å². The fourth-order valence-corrected chi connectivity index (χ4v) is 2.47. The van der Waals surface area contributed by atoms with Gasteiger partial charge < -0.3 is 14.2 Å². The van der Waals surface area contributed by atoms with E-state index in [4.69, 9.17) is 37.4 Å². The fraction of sp³-hybridized carbons (Fsp3) is 0.286. The molecule has 2 amide bonds. The zero-order chi connectivity index (χ0) is 22.6. The lowest BCUT2D eigenvalue weighted by Crippen LogP contribution is -2.45. The van der Waals surface area contributed by atoms with Gasteiger partial charge in [0.15, 0.2) is 13.2 Å². The number of hydrogen-bond donors (Lipinski definition) is 2. The van der Waals surface area contributed by atoms with Crippen LogP contribution >= 0.6 is 23.2 Å². The second kappa shape index (κ2) is 12.7. The maximum Gasteiger partial charge on any atom is 0.306 e. The summed E-state index contributed by atoms with van der Waals surface area (Å²) in [5.41, 5.74) is 5.18. The Morgan fingerprint density at radius 2 is 1.52 bits per heavy atom. The predicted octanol–water partition coefficient (Wildman–Crippen LogP) is 3.23. The van der Waals surface area contributed by atoms with Gasteiger partial charge in [-0.05, 0) is 61.4 Å². The van der Waals surface area contributed by atoms with Gasteiger partial charge in [0.25, 0.3) is 11.8 Å². The molecule has 2 rings (SSSR count). The molecule has 0 aromatic heterocycles. The molecule has 0 radical (unpaired) electrons. The molecule has 0 saturated heterocycles. The number of esters is 1. The molecule has 31 heavy (non-hydrogen) atoms. The van der Waals surface area contributed by atoms with Crippen LogP contribution in [0.2, 0.25) is 10.0 Å². The van der Waals surface area contributed by atoms with E-state index in [9.17, 15) is 14.4 Å². The van der Waals surface area contributed by atoms with Crippen molar-refractivity contribution in [3.8, 4) is 11.5 Å². The van der Waals surface area contributed by atoms with E-state index >= 15 is 0 Å².